The summed E-state index contributed by atoms with van der Waals surface area (Å²) in [6, 6.07) is 0. The summed E-state index contributed by atoms with van der Waals surface area (Å²) in [5, 5.41) is 9.81. The molecule has 0 radical (unpaired) electrons. The van der Waals surface area contributed by atoms with Gasteiger partial charge in [-0.1, -0.05) is 201 Å². The van der Waals surface area contributed by atoms with Gasteiger partial charge in [0.05, 0.1) is 19.8 Å². The predicted molar refractivity (Wildman–Crippen MR) is 307 cm³/mol. The highest BCUT2D eigenvalue weighted by Crippen LogP contribution is 2.43. The lowest BCUT2D eigenvalue weighted by atomic mass is 10.1. The maximum absolute atomic E-state index is 12.9. The van der Waals surface area contributed by atoms with E-state index >= 15 is 0 Å². The van der Waals surface area contributed by atoms with E-state index in [9.17, 15) is 28.9 Å². The monoisotopic (exact) mass is 1060 g/mol. The highest BCUT2D eigenvalue weighted by Gasteiger charge is 2.28. The van der Waals surface area contributed by atoms with Crippen LogP contribution in [0.2, 0.25) is 0 Å². The zero-order valence-electron chi connectivity index (χ0n) is 46.8. The summed E-state index contributed by atoms with van der Waals surface area (Å²) in [7, 11) is -4.77. The van der Waals surface area contributed by atoms with Crippen LogP contribution in [0.5, 0.6) is 0 Å². The van der Waals surface area contributed by atoms with Crippen LogP contribution >= 0.6 is 7.82 Å². The van der Waals surface area contributed by atoms with Crippen LogP contribution in [0, 0.1) is 0 Å². The Morgan fingerprint density at radius 2 is 0.716 bits per heavy atom. The second kappa shape index (κ2) is 55.6. The van der Waals surface area contributed by atoms with Gasteiger partial charge in [-0.25, -0.2) is 4.57 Å². The first-order valence-electron chi connectivity index (χ1n) is 29.1. The smallest absolute Gasteiger partial charge is 0.462 e. The van der Waals surface area contributed by atoms with E-state index in [0.29, 0.717) is 25.7 Å². The van der Waals surface area contributed by atoms with Crippen LogP contribution in [0.4, 0.5) is 0 Å². The number of carbonyl (C=O) groups excluding carboxylic acids is 3. The fraction of sp³-hybridized carbons (Fsp3) is 0.694. The SMILES string of the molecule is CC/C=C\C/C=C\C/C=C\C/C=C\C/C=C\CCCC(=O)OC(COC(=O)CCCCCCCCC/C=C\C/C=C\CCCCC)COP(=O)(O)OCC(CO)OC(=O)CCCCCCC/C=C\CCCCCC. The number of aliphatic hydroxyl groups excluding tert-OH is 1. The maximum Gasteiger partial charge on any atom is 0.472 e. The summed E-state index contributed by atoms with van der Waals surface area (Å²) in [6.07, 6.45) is 65.1. The Balaban J connectivity index is 4.84. The second-order valence-corrected chi connectivity index (χ2v) is 20.5. The molecule has 0 spiro atoms. The quantitative estimate of drug-likeness (QED) is 0.0197. The van der Waals surface area contributed by atoms with Gasteiger partial charge < -0.3 is 24.2 Å². The van der Waals surface area contributed by atoms with Crippen LogP contribution in [0.15, 0.2) is 97.2 Å². The molecule has 2 N–H and O–H groups in total. The number of esters is 3. The normalized spacial score (nSPS) is 14.1. The predicted octanol–water partition coefficient (Wildman–Crippen LogP) is 17.3. The lowest BCUT2D eigenvalue weighted by Gasteiger charge is -2.21. The Morgan fingerprint density at radius 1 is 0.392 bits per heavy atom. The molecule has 0 aliphatic rings. The molecule has 3 unspecified atom stereocenters. The van der Waals surface area contributed by atoms with E-state index in [2.05, 4.69) is 106 Å². The van der Waals surface area contributed by atoms with Gasteiger partial charge in [0.2, 0.25) is 0 Å². The molecular formula is C62H105O11P. The third kappa shape index (κ3) is 53.2. The molecule has 424 valence electrons. The molecule has 12 heteroatoms. The second-order valence-electron chi connectivity index (χ2n) is 19.1. The third-order valence-corrected chi connectivity index (χ3v) is 12.9. The number of carbonyl (C=O) groups is 3. The highest BCUT2D eigenvalue weighted by atomic mass is 31.2. The van der Waals surface area contributed by atoms with Gasteiger partial charge in [0, 0.05) is 19.3 Å². The zero-order valence-corrected chi connectivity index (χ0v) is 47.7. The van der Waals surface area contributed by atoms with E-state index in [1.165, 1.54) is 64.2 Å². The van der Waals surface area contributed by atoms with Gasteiger partial charge in [-0.05, 0) is 116 Å². The molecule has 3 atom stereocenters. The van der Waals surface area contributed by atoms with Gasteiger partial charge in [-0.3, -0.25) is 23.4 Å². The minimum Gasteiger partial charge on any atom is -0.462 e. The number of phosphoric acid groups is 1. The number of ether oxygens (including phenoxy) is 3. The number of aliphatic hydroxyl groups is 1. The molecule has 0 saturated heterocycles. The van der Waals surface area contributed by atoms with Crippen molar-refractivity contribution < 1.29 is 52.2 Å². The number of unbranched alkanes of at least 4 members (excludes halogenated alkanes) is 20. The van der Waals surface area contributed by atoms with Crippen molar-refractivity contribution in [2.75, 3.05) is 26.4 Å². The van der Waals surface area contributed by atoms with Gasteiger partial charge in [0.25, 0.3) is 0 Å². The molecule has 0 aromatic heterocycles. The third-order valence-electron chi connectivity index (χ3n) is 12.0. The number of hydrogen-bond acceptors (Lipinski definition) is 10. The largest absolute Gasteiger partial charge is 0.472 e. The Labute approximate surface area is 451 Å². The zero-order chi connectivity index (χ0) is 54.1. The molecule has 0 rings (SSSR count). The summed E-state index contributed by atoms with van der Waals surface area (Å²) >= 11 is 0. The molecule has 0 aliphatic heterocycles. The van der Waals surface area contributed by atoms with Gasteiger partial charge >= 0.3 is 25.7 Å². The van der Waals surface area contributed by atoms with E-state index in [4.69, 9.17) is 23.3 Å². The Hall–Kier alpha value is -3.60. The summed E-state index contributed by atoms with van der Waals surface area (Å²) in [6.45, 7) is 4.41. The van der Waals surface area contributed by atoms with E-state index in [-0.39, 0.29) is 25.9 Å². The number of hydrogen-bond donors (Lipinski definition) is 2. The number of rotatable bonds is 53. The molecule has 0 heterocycles. The van der Waals surface area contributed by atoms with Crippen molar-refractivity contribution in [1.82, 2.24) is 0 Å². The fourth-order valence-electron chi connectivity index (χ4n) is 7.53. The summed E-state index contributed by atoms with van der Waals surface area (Å²) in [5.41, 5.74) is 0. The van der Waals surface area contributed by atoms with Crippen LogP contribution in [-0.4, -0.2) is 66.5 Å². The number of phosphoric ester groups is 1. The molecular weight excluding hydrogens is 952 g/mol. The molecule has 0 saturated carbocycles. The summed E-state index contributed by atoms with van der Waals surface area (Å²) in [4.78, 5) is 48.5. The molecule has 0 aliphatic carbocycles. The topological polar surface area (TPSA) is 155 Å². The van der Waals surface area contributed by atoms with Crippen molar-refractivity contribution in [3.05, 3.63) is 97.2 Å². The van der Waals surface area contributed by atoms with Crippen LogP contribution in [0.3, 0.4) is 0 Å². The van der Waals surface area contributed by atoms with E-state index in [1.807, 2.05) is 12.2 Å². The van der Waals surface area contributed by atoms with Gasteiger partial charge in [-0.15, -0.1) is 0 Å². The van der Waals surface area contributed by atoms with Gasteiger partial charge in [-0.2, -0.15) is 0 Å². The van der Waals surface area contributed by atoms with Crippen LogP contribution < -0.4 is 0 Å². The maximum atomic E-state index is 12.9. The van der Waals surface area contributed by atoms with Crippen molar-refractivity contribution in [3.8, 4) is 0 Å². The summed E-state index contributed by atoms with van der Waals surface area (Å²) in [5.74, 6) is -1.56. The van der Waals surface area contributed by atoms with Crippen molar-refractivity contribution in [2.24, 2.45) is 0 Å². The standard InChI is InChI=1S/C62H105O11P/c1-4-7-10-13-16-19-22-25-27-29-31-34-36-39-42-45-48-51-60(64)69-55-59(73-62(66)53-50-47-44-41-38-35-32-30-28-26-23-20-17-14-11-8-5-2)57-71-74(67,68)70-56-58(54-63)72-61(65)52-49-46-43-40-37-33-24-21-18-15-12-9-6-3/h8,11,16-17,19-21,24-28,32,35,41,44,58-59,63H,4-7,9-10,12-15,18,22-23,29-31,33-34,36-40,42-43,45-57H2,1-3H3,(H,67,68)/b11-8-,19-16-,20-17-,24-21-,27-25-,28-26-,35-32-,44-41-. The first-order valence-corrected chi connectivity index (χ1v) is 30.6. The lowest BCUT2D eigenvalue weighted by molar-refractivity contribution is -0.161. The molecule has 0 amide bonds. The van der Waals surface area contributed by atoms with Crippen molar-refractivity contribution in [3.63, 3.8) is 0 Å². The molecule has 0 aromatic carbocycles. The number of allylic oxidation sites excluding steroid dienone is 16. The van der Waals surface area contributed by atoms with Gasteiger partial charge in [0.15, 0.2) is 6.10 Å². The van der Waals surface area contributed by atoms with E-state index in [1.54, 1.807) is 0 Å². The Morgan fingerprint density at radius 3 is 1.18 bits per heavy atom. The molecule has 74 heavy (non-hydrogen) atoms. The Kier molecular flexibility index (Phi) is 52.9. The van der Waals surface area contributed by atoms with Crippen molar-refractivity contribution in [2.45, 2.75) is 251 Å². The first-order chi connectivity index (χ1) is 36.2. The Bertz CT molecular complexity index is 1610. The van der Waals surface area contributed by atoms with Crippen molar-refractivity contribution >= 4 is 25.7 Å². The minimum atomic E-state index is -4.77. The van der Waals surface area contributed by atoms with Gasteiger partial charge in [0.1, 0.15) is 12.7 Å². The molecule has 11 nitrogen and oxygen atoms in total. The molecule has 0 aromatic rings. The molecule has 0 bridgehead atoms. The minimum absolute atomic E-state index is 0.0834. The van der Waals surface area contributed by atoms with Crippen LogP contribution in [0.1, 0.15) is 239 Å². The lowest BCUT2D eigenvalue weighted by Crippen LogP contribution is -2.30. The van der Waals surface area contributed by atoms with Crippen LogP contribution in [-0.2, 0) is 42.2 Å². The summed E-state index contributed by atoms with van der Waals surface area (Å²) < 4.78 is 39.4. The van der Waals surface area contributed by atoms with E-state index in [0.717, 1.165) is 109 Å². The van der Waals surface area contributed by atoms with E-state index < -0.39 is 57.8 Å². The van der Waals surface area contributed by atoms with Crippen LogP contribution in [0.25, 0.3) is 0 Å². The average molecular weight is 1060 g/mol. The van der Waals surface area contributed by atoms with Crippen molar-refractivity contribution in [1.29, 1.82) is 0 Å². The highest BCUT2D eigenvalue weighted by molar-refractivity contribution is 7.47. The molecule has 0 fully saturated rings. The fourth-order valence-corrected chi connectivity index (χ4v) is 8.32. The average Bonchev–Trinajstić information content (AvgIpc) is 3.39. The first kappa shape index (κ1) is 70.4.